The summed E-state index contributed by atoms with van der Waals surface area (Å²) in [6.07, 6.45) is 2.27. The molecule has 0 aromatic heterocycles. The van der Waals surface area contributed by atoms with Crippen LogP contribution in [-0.4, -0.2) is 12.5 Å². The summed E-state index contributed by atoms with van der Waals surface area (Å²) >= 11 is 3.36. The number of hydrogen-bond acceptors (Lipinski definition) is 3. The first-order valence-corrected chi connectivity index (χ1v) is 7.96. The highest BCUT2D eigenvalue weighted by atomic mass is 79.9. The predicted octanol–water partition coefficient (Wildman–Crippen LogP) is 3.66. The lowest BCUT2D eigenvalue weighted by Gasteiger charge is -2.19. The number of rotatable bonds is 7. The maximum atomic E-state index is 12.0. The van der Waals surface area contributed by atoms with Crippen LogP contribution in [0.3, 0.4) is 0 Å². The minimum Gasteiger partial charge on any atom is -0.330 e. The summed E-state index contributed by atoms with van der Waals surface area (Å²) in [4.78, 5) is 12.0. The number of nitrogens with one attached hydrogen (secondary N) is 1. The smallest absolute Gasteiger partial charge is 0.224 e. The fourth-order valence-corrected chi connectivity index (χ4v) is 2.72. The van der Waals surface area contributed by atoms with Gasteiger partial charge in [-0.1, -0.05) is 13.8 Å². The molecule has 0 aliphatic carbocycles. The Morgan fingerprint density at radius 1 is 1.43 bits per heavy atom. The molecule has 0 saturated carbocycles. The maximum absolute atomic E-state index is 12.0. The third-order valence-corrected chi connectivity index (χ3v) is 4.25. The van der Waals surface area contributed by atoms with Crippen molar-refractivity contribution < 1.29 is 4.79 Å². The van der Waals surface area contributed by atoms with Crippen molar-refractivity contribution in [3.05, 3.63) is 28.2 Å². The van der Waals surface area contributed by atoms with Gasteiger partial charge in [-0.05, 0) is 65.4 Å². The van der Waals surface area contributed by atoms with Crippen LogP contribution in [0.4, 0.5) is 5.69 Å². The summed E-state index contributed by atoms with van der Waals surface area (Å²) in [5.41, 5.74) is 6.86. The van der Waals surface area contributed by atoms with Crippen LogP contribution in [0, 0.1) is 23.2 Å². The van der Waals surface area contributed by atoms with Crippen LogP contribution >= 0.6 is 15.9 Å². The van der Waals surface area contributed by atoms with Crippen LogP contribution in [0.15, 0.2) is 22.7 Å². The Morgan fingerprint density at radius 3 is 2.67 bits per heavy atom. The van der Waals surface area contributed by atoms with Crippen molar-refractivity contribution >= 4 is 27.5 Å². The van der Waals surface area contributed by atoms with Gasteiger partial charge < -0.3 is 11.1 Å². The Morgan fingerprint density at radius 2 is 2.14 bits per heavy atom. The zero-order valence-corrected chi connectivity index (χ0v) is 14.1. The second kappa shape index (κ2) is 8.81. The number of nitriles is 1. The van der Waals surface area contributed by atoms with E-state index in [0.717, 1.165) is 17.3 Å². The molecule has 21 heavy (non-hydrogen) atoms. The molecule has 1 aromatic rings. The van der Waals surface area contributed by atoms with E-state index in [1.54, 1.807) is 18.2 Å². The van der Waals surface area contributed by atoms with Gasteiger partial charge in [-0.15, -0.1) is 0 Å². The molecule has 0 bridgehead atoms. The van der Waals surface area contributed by atoms with Crippen molar-refractivity contribution in [2.75, 3.05) is 11.9 Å². The van der Waals surface area contributed by atoms with Gasteiger partial charge in [-0.2, -0.15) is 5.26 Å². The standard InChI is InChI=1S/C16H22BrN3O/c1-11(2)13(7-8-18)4-6-16(21)20-15-5-3-12(10-19)9-14(15)17/h3,5,9,11,13H,4,6-8,18H2,1-2H3,(H,20,21). The average molecular weight is 352 g/mol. The number of benzene rings is 1. The van der Waals surface area contributed by atoms with E-state index in [2.05, 4.69) is 41.2 Å². The highest BCUT2D eigenvalue weighted by molar-refractivity contribution is 9.10. The summed E-state index contributed by atoms with van der Waals surface area (Å²) < 4.78 is 0.720. The number of carbonyl (C=O) groups excluding carboxylic acids is 1. The van der Waals surface area contributed by atoms with E-state index in [1.807, 2.05) is 0 Å². The van der Waals surface area contributed by atoms with E-state index in [0.29, 0.717) is 36.1 Å². The van der Waals surface area contributed by atoms with Gasteiger partial charge in [0.05, 0.1) is 17.3 Å². The number of halogens is 1. The van der Waals surface area contributed by atoms with E-state index in [1.165, 1.54) is 0 Å². The molecule has 0 radical (unpaired) electrons. The first-order chi connectivity index (χ1) is 9.97. The van der Waals surface area contributed by atoms with Gasteiger partial charge in [0, 0.05) is 10.9 Å². The highest BCUT2D eigenvalue weighted by Crippen LogP contribution is 2.25. The Balaban J connectivity index is 2.56. The third kappa shape index (κ3) is 5.86. The molecule has 1 rings (SSSR count). The monoisotopic (exact) mass is 351 g/mol. The second-order valence-corrected chi connectivity index (χ2v) is 6.33. The normalized spacial score (nSPS) is 12.0. The molecule has 114 valence electrons. The zero-order valence-electron chi connectivity index (χ0n) is 12.5. The van der Waals surface area contributed by atoms with Crippen LogP contribution in [0.25, 0.3) is 0 Å². The van der Waals surface area contributed by atoms with Crippen molar-refractivity contribution in [3.8, 4) is 6.07 Å². The molecule has 1 atom stereocenters. The summed E-state index contributed by atoms with van der Waals surface area (Å²) in [6, 6.07) is 7.18. The molecule has 0 saturated heterocycles. The number of hydrogen-bond donors (Lipinski definition) is 2. The largest absolute Gasteiger partial charge is 0.330 e. The second-order valence-electron chi connectivity index (χ2n) is 5.47. The molecule has 1 amide bonds. The SMILES string of the molecule is CC(C)C(CCN)CCC(=O)Nc1ccc(C#N)cc1Br. The van der Waals surface area contributed by atoms with Gasteiger partial charge in [-0.3, -0.25) is 4.79 Å². The molecule has 0 fully saturated rings. The van der Waals surface area contributed by atoms with Gasteiger partial charge in [-0.25, -0.2) is 0 Å². The highest BCUT2D eigenvalue weighted by Gasteiger charge is 2.15. The number of nitrogens with two attached hydrogens (primary N) is 1. The van der Waals surface area contributed by atoms with Crippen LogP contribution in [0.2, 0.25) is 0 Å². The van der Waals surface area contributed by atoms with Crippen molar-refractivity contribution in [2.24, 2.45) is 17.6 Å². The topological polar surface area (TPSA) is 78.9 Å². The van der Waals surface area contributed by atoms with Gasteiger partial charge in [0.15, 0.2) is 0 Å². The minimum atomic E-state index is -0.0110. The molecular formula is C16H22BrN3O. The lowest BCUT2D eigenvalue weighted by atomic mass is 9.88. The summed E-state index contributed by atoms with van der Waals surface area (Å²) in [7, 11) is 0. The number of nitrogens with zero attached hydrogens (tertiary/aromatic N) is 1. The van der Waals surface area contributed by atoms with Gasteiger partial charge in [0.1, 0.15) is 0 Å². The van der Waals surface area contributed by atoms with E-state index < -0.39 is 0 Å². The third-order valence-electron chi connectivity index (χ3n) is 3.59. The van der Waals surface area contributed by atoms with Gasteiger partial charge >= 0.3 is 0 Å². The average Bonchev–Trinajstić information content (AvgIpc) is 2.45. The van der Waals surface area contributed by atoms with Crippen LogP contribution < -0.4 is 11.1 Å². The zero-order chi connectivity index (χ0) is 15.8. The Kier molecular flexibility index (Phi) is 7.41. The molecule has 4 nitrogen and oxygen atoms in total. The summed E-state index contributed by atoms with van der Waals surface area (Å²) in [5.74, 6) is 0.997. The lowest BCUT2D eigenvalue weighted by molar-refractivity contribution is -0.116. The number of amides is 1. The van der Waals surface area contributed by atoms with Crippen LogP contribution in [0.5, 0.6) is 0 Å². The quantitative estimate of drug-likeness (QED) is 0.786. The maximum Gasteiger partial charge on any atom is 0.224 e. The summed E-state index contributed by atoms with van der Waals surface area (Å²) in [5, 5.41) is 11.7. The lowest BCUT2D eigenvalue weighted by Crippen LogP contribution is -2.18. The fraction of sp³-hybridized carbons (Fsp3) is 0.500. The van der Waals surface area contributed by atoms with Crippen LogP contribution in [-0.2, 0) is 4.79 Å². The first-order valence-electron chi connectivity index (χ1n) is 7.17. The molecular weight excluding hydrogens is 330 g/mol. The molecule has 0 aliphatic heterocycles. The molecule has 1 unspecified atom stereocenters. The molecule has 3 N–H and O–H groups in total. The van der Waals surface area contributed by atoms with E-state index in [-0.39, 0.29) is 5.91 Å². The van der Waals surface area contributed by atoms with Crippen molar-refractivity contribution in [3.63, 3.8) is 0 Å². The minimum absolute atomic E-state index is 0.0110. The van der Waals surface area contributed by atoms with E-state index >= 15 is 0 Å². The van der Waals surface area contributed by atoms with E-state index in [9.17, 15) is 4.79 Å². The Hall–Kier alpha value is -1.38. The van der Waals surface area contributed by atoms with Crippen molar-refractivity contribution in [1.29, 1.82) is 5.26 Å². The van der Waals surface area contributed by atoms with Crippen LogP contribution in [0.1, 0.15) is 38.7 Å². The molecule has 1 aromatic carbocycles. The van der Waals surface area contributed by atoms with Crippen molar-refractivity contribution in [1.82, 2.24) is 0 Å². The van der Waals surface area contributed by atoms with Gasteiger partial charge in [0.2, 0.25) is 5.91 Å². The Labute approximate surface area is 134 Å². The van der Waals surface area contributed by atoms with Gasteiger partial charge in [0.25, 0.3) is 0 Å². The Bertz CT molecular complexity index is 523. The molecule has 0 heterocycles. The number of carbonyl (C=O) groups is 1. The predicted molar refractivity (Wildman–Crippen MR) is 88.7 cm³/mol. The fourth-order valence-electron chi connectivity index (χ4n) is 2.24. The molecule has 0 aliphatic rings. The molecule has 5 heteroatoms. The van der Waals surface area contributed by atoms with E-state index in [4.69, 9.17) is 11.0 Å². The number of anilines is 1. The molecule has 0 spiro atoms. The first kappa shape index (κ1) is 17.7. The summed E-state index contributed by atoms with van der Waals surface area (Å²) in [6.45, 7) is 4.98. The van der Waals surface area contributed by atoms with Crippen molar-refractivity contribution in [2.45, 2.75) is 33.1 Å².